The van der Waals surface area contributed by atoms with Gasteiger partial charge in [0, 0.05) is 25.3 Å². The molecule has 2 aliphatic rings. The van der Waals surface area contributed by atoms with Crippen molar-refractivity contribution >= 4 is 0 Å². The molecule has 1 heterocycles. The van der Waals surface area contributed by atoms with E-state index >= 15 is 0 Å². The number of ether oxygens (including phenoxy) is 2. The lowest BCUT2D eigenvalue weighted by Crippen LogP contribution is -2.38. The second-order valence-electron chi connectivity index (χ2n) is 6.06. The predicted molar refractivity (Wildman–Crippen MR) is 80.2 cm³/mol. The molecule has 2 unspecified atom stereocenters. The Morgan fingerprint density at radius 1 is 1.25 bits per heavy atom. The second-order valence-corrected chi connectivity index (χ2v) is 6.06. The van der Waals surface area contributed by atoms with Crippen LogP contribution in [0.1, 0.15) is 43.4 Å². The molecule has 0 saturated carbocycles. The Morgan fingerprint density at radius 3 is 2.80 bits per heavy atom. The third kappa shape index (κ3) is 2.84. The molecule has 1 aromatic rings. The molecule has 110 valence electrons. The maximum atomic E-state index is 5.46. The van der Waals surface area contributed by atoms with Crippen LogP contribution in [0.3, 0.4) is 0 Å². The summed E-state index contributed by atoms with van der Waals surface area (Å²) in [4.78, 5) is 0. The summed E-state index contributed by atoms with van der Waals surface area (Å²) in [6.45, 7) is 4.17. The molecule has 0 spiro atoms. The van der Waals surface area contributed by atoms with Crippen molar-refractivity contribution in [1.29, 1.82) is 0 Å². The van der Waals surface area contributed by atoms with Gasteiger partial charge in [-0.15, -0.1) is 0 Å². The highest BCUT2D eigenvalue weighted by molar-refractivity contribution is 5.40. The first kappa shape index (κ1) is 13.9. The summed E-state index contributed by atoms with van der Waals surface area (Å²) in [6, 6.07) is 7.54. The molecule has 3 rings (SSSR count). The lowest BCUT2D eigenvalue weighted by Gasteiger charge is -2.31. The van der Waals surface area contributed by atoms with E-state index in [1.807, 2.05) is 0 Å². The summed E-state index contributed by atoms with van der Waals surface area (Å²) in [5.41, 5.74) is 2.91. The molecular formula is C17H25NO2. The van der Waals surface area contributed by atoms with Crippen LogP contribution in [0.4, 0.5) is 0 Å². The van der Waals surface area contributed by atoms with E-state index in [9.17, 15) is 0 Å². The molecule has 3 heteroatoms. The summed E-state index contributed by atoms with van der Waals surface area (Å²) in [6.07, 6.45) is 4.76. The third-order valence-electron chi connectivity index (χ3n) is 4.87. The van der Waals surface area contributed by atoms with Crippen molar-refractivity contribution in [2.75, 3.05) is 20.3 Å². The number of hydrogen-bond acceptors (Lipinski definition) is 3. The van der Waals surface area contributed by atoms with Crippen molar-refractivity contribution in [1.82, 2.24) is 5.32 Å². The highest BCUT2D eigenvalue weighted by atomic mass is 16.5. The van der Waals surface area contributed by atoms with Crippen molar-refractivity contribution in [3.05, 3.63) is 29.3 Å². The minimum absolute atomic E-state index is 0.484. The lowest BCUT2D eigenvalue weighted by molar-refractivity contribution is 0.0544. The zero-order chi connectivity index (χ0) is 13.9. The number of rotatable bonds is 4. The number of hydrogen-bond donors (Lipinski definition) is 1. The molecule has 1 saturated heterocycles. The normalized spacial score (nSPS) is 24.4. The Morgan fingerprint density at radius 2 is 2.05 bits per heavy atom. The third-order valence-corrected chi connectivity index (χ3v) is 4.87. The van der Waals surface area contributed by atoms with E-state index in [0.29, 0.717) is 12.1 Å². The van der Waals surface area contributed by atoms with Crippen LogP contribution in [0.15, 0.2) is 18.2 Å². The number of benzene rings is 1. The molecule has 1 aromatic carbocycles. The smallest absolute Gasteiger partial charge is 0.119 e. The van der Waals surface area contributed by atoms with Gasteiger partial charge in [0.1, 0.15) is 5.75 Å². The largest absolute Gasteiger partial charge is 0.497 e. The monoisotopic (exact) mass is 275 g/mol. The molecule has 2 atom stereocenters. The zero-order valence-corrected chi connectivity index (χ0v) is 12.5. The molecule has 3 nitrogen and oxygen atoms in total. The van der Waals surface area contributed by atoms with Crippen LogP contribution in [0.5, 0.6) is 5.75 Å². The van der Waals surface area contributed by atoms with Gasteiger partial charge in [-0.05, 0) is 61.8 Å². The highest BCUT2D eigenvalue weighted by Crippen LogP contribution is 2.35. The Bertz CT molecular complexity index is 454. The molecule has 1 aliphatic carbocycles. The van der Waals surface area contributed by atoms with Crippen molar-refractivity contribution in [3.8, 4) is 5.75 Å². The minimum atomic E-state index is 0.484. The number of aryl methyl sites for hydroxylation is 1. The molecule has 0 radical (unpaired) electrons. The van der Waals surface area contributed by atoms with Crippen LogP contribution < -0.4 is 10.1 Å². The quantitative estimate of drug-likeness (QED) is 0.916. The van der Waals surface area contributed by atoms with Gasteiger partial charge in [0.25, 0.3) is 0 Å². The molecule has 0 amide bonds. The standard InChI is InChI=1S/C17H25NO2/c1-12(13-7-9-20-10-8-13)18-17-6-4-14-3-5-15(19-2)11-16(14)17/h3,5,11-13,17-18H,4,6-10H2,1-2H3. The van der Waals surface area contributed by atoms with Gasteiger partial charge >= 0.3 is 0 Å². The Labute approximate surface area is 121 Å². The van der Waals surface area contributed by atoms with Crippen LogP contribution in [-0.4, -0.2) is 26.4 Å². The van der Waals surface area contributed by atoms with Gasteiger partial charge in [0.05, 0.1) is 7.11 Å². The maximum absolute atomic E-state index is 5.46. The van der Waals surface area contributed by atoms with Gasteiger partial charge in [0.2, 0.25) is 0 Å². The van der Waals surface area contributed by atoms with Crippen LogP contribution in [0, 0.1) is 5.92 Å². The summed E-state index contributed by atoms with van der Waals surface area (Å²) in [5, 5.41) is 3.84. The predicted octanol–water partition coefficient (Wildman–Crippen LogP) is 3.09. The minimum Gasteiger partial charge on any atom is -0.497 e. The average molecular weight is 275 g/mol. The van der Waals surface area contributed by atoms with Gasteiger partial charge < -0.3 is 14.8 Å². The first-order valence-electron chi connectivity index (χ1n) is 7.78. The van der Waals surface area contributed by atoms with Crippen molar-refractivity contribution < 1.29 is 9.47 Å². The fourth-order valence-corrected chi connectivity index (χ4v) is 3.55. The summed E-state index contributed by atoms with van der Waals surface area (Å²) in [7, 11) is 1.74. The molecule has 1 N–H and O–H groups in total. The van der Waals surface area contributed by atoms with Gasteiger partial charge in [-0.25, -0.2) is 0 Å². The first-order chi connectivity index (χ1) is 9.78. The van der Waals surface area contributed by atoms with E-state index in [2.05, 4.69) is 30.4 Å². The average Bonchev–Trinajstić information content (AvgIpc) is 2.90. The van der Waals surface area contributed by atoms with E-state index < -0.39 is 0 Å². The van der Waals surface area contributed by atoms with Crippen molar-refractivity contribution in [3.63, 3.8) is 0 Å². The molecule has 1 aliphatic heterocycles. The number of nitrogens with one attached hydrogen (secondary N) is 1. The van der Waals surface area contributed by atoms with Crippen LogP contribution in [0.2, 0.25) is 0 Å². The molecule has 0 aromatic heterocycles. The lowest BCUT2D eigenvalue weighted by atomic mass is 9.92. The second kappa shape index (κ2) is 6.15. The summed E-state index contributed by atoms with van der Waals surface area (Å²) < 4.78 is 10.8. The fourth-order valence-electron chi connectivity index (χ4n) is 3.55. The van der Waals surface area contributed by atoms with Crippen LogP contribution in [-0.2, 0) is 11.2 Å². The van der Waals surface area contributed by atoms with E-state index in [4.69, 9.17) is 9.47 Å². The Kier molecular flexibility index (Phi) is 4.27. The molecule has 0 bridgehead atoms. The first-order valence-corrected chi connectivity index (χ1v) is 7.78. The SMILES string of the molecule is COc1ccc2c(c1)C(NC(C)C1CCOCC1)CC2. The van der Waals surface area contributed by atoms with Crippen LogP contribution >= 0.6 is 0 Å². The van der Waals surface area contributed by atoms with E-state index in [0.717, 1.165) is 24.9 Å². The van der Waals surface area contributed by atoms with Gasteiger partial charge in [-0.1, -0.05) is 6.07 Å². The molecular weight excluding hydrogens is 250 g/mol. The number of methoxy groups -OCH3 is 1. The molecule has 1 fully saturated rings. The van der Waals surface area contributed by atoms with E-state index in [1.165, 1.54) is 36.8 Å². The van der Waals surface area contributed by atoms with Crippen molar-refractivity contribution in [2.45, 2.75) is 44.7 Å². The number of fused-ring (bicyclic) bond motifs is 1. The van der Waals surface area contributed by atoms with Gasteiger partial charge in [-0.3, -0.25) is 0 Å². The summed E-state index contributed by atoms with van der Waals surface area (Å²) >= 11 is 0. The van der Waals surface area contributed by atoms with Gasteiger partial charge in [-0.2, -0.15) is 0 Å². The van der Waals surface area contributed by atoms with E-state index in [-0.39, 0.29) is 0 Å². The van der Waals surface area contributed by atoms with Crippen molar-refractivity contribution in [2.24, 2.45) is 5.92 Å². The molecule has 20 heavy (non-hydrogen) atoms. The topological polar surface area (TPSA) is 30.5 Å². The fraction of sp³-hybridized carbons (Fsp3) is 0.647. The van der Waals surface area contributed by atoms with Crippen LogP contribution in [0.25, 0.3) is 0 Å². The van der Waals surface area contributed by atoms with Gasteiger partial charge in [0.15, 0.2) is 0 Å². The van der Waals surface area contributed by atoms with E-state index in [1.54, 1.807) is 7.11 Å². The summed E-state index contributed by atoms with van der Waals surface area (Å²) in [5.74, 6) is 1.72. The maximum Gasteiger partial charge on any atom is 0.119 e. The Balaban J connectivity index is 1.67. The zero-order valence-electron chi connectivity index (χ0n) is 12.5. The Hall–Kier alpha value is -1.06. The highest BCUT2D eigenvalue weighted by Gasteiger charge is 2.27.